The Kier molecular flexibility index (Phi) is 4.48. The van der Waals surface area contributed by atoms with Crippen molar-refractivity contribution >= 4 is 44.4 Å². The number of nitrogens with zero attached hydrogens (tertiary/aromatic N) is 1. The summed E-state index contributed by atoms with van der Waals surface area (Å²) in [4.78, 5) is 14.6. The zero-order valence-electron chi connectivity index (χ0n) is 12.6. The standard InChI is InChI=1S/C16H18BrClN2O2/c1-9-12-5-11(18)6-13(17)15(12)22-14(9)16(21)20-4-3-10(8-20)7-19-2/h5-6,10,19H,3-4,7-8H2,1-2H3/t10-/m0/s1. The van der Waals surface area contributed by atoms with Crippen LogP contribution in [0.3, 0.4) is 0 Å². The lowest BCUT2D eigenvalue weighted by Gasteiger charge is -2.15. The number of carbonyl (C=O) groups is 1. The van der Waals surface area contributed by atoms with E-state index >= 15 is 0 Å². The fourth-order valence-corrected chi connectivity index (χ4v) is 3.95. The maximum Gasteiger partial charge on any atom is 0.289 e. The first-order chi connectivity index (χ1) is 10.5. The number of carbonyl (C=O) groups excluding carboxylic acids is 1. The first kappa shape index (κ1) is 15.8. The van der Waals surface area contributed by atoms with Gasteiger partial charge in [-0.05, 0) is 60.9 Å². The van der Waals surface area contributed by atoms with Gasteiger partial charge in [0.15, 0.2) is 5.76 Å². The van der Waals surface area contributed by atoms with Crippen LogP contribution in [0.5, 0.6) is 0 Å². The molecule has 2 aromatic rings. The van der Waals surface area contributed by atoms with E-state index in [0.717, 1.165) is 41.5 Å². The molecule has 0 saturated carbocycles. The molecule has 2 heterocycles. The molecule has 0 aliphatic carbocycles. The first-order valence-electron chi connectivity index (χ1n) is 7.33. The lowest BCUT2D eigenvalue weighted by molar-refractivity contribution is 0.0757. The quantitative estimate of drug-likeness (QED) is 0.873. The van der Waals surface area contributed by atoms with Gasteiger partial charge in [-0.2, -0.15) is 0 Å². The van der Waals surface area contributed by atoms with Gasteiger partial charge in [0.05, 0.1) is 4.47 Å². The van der Waals surface area contributed by atoms with Crippen LogP contribution in [0.15, 0.2) is 21.0 Å². The zero-order valence-corrected chi connectivity index (χ0v) is 14.9. The van der Waals surface area contributed by atoms with Gasteiger partial charge >= 0.3 is 0 Å². The second-order valence-corrected chi connectivity index (χ2v) is 7.07. The van der Waals surface area contributed by atoms with Gasteiger partial charge in [-0.3, -0.25) is 4.79 Å². The van der Waals surface area contributed by atoms with Crippen molar-refractivity contribution in [2.24, 2.45) is 5.92 Å². The fourth-order valence-electron chi connectivity index (χ4n) is 3.06. The molecule has 0 spiro atoms. The van der Waals surface area contributed by atoms with E-state index in [1.165, 1.54) is 0 Å². The van der Waals surface area contributed by atoms with E-state index in [1.54, 1.807) is 6.07 Å². The number of aryl methyl sites for hydroxylation is 1. The molecule has 6 heteroatoms. The number of fused-ring (bicyclic) bond motifs is 1. The Morgan fingerprint density at radius 1 is 1.55 bits per heavy atom. The maximum atomic E-state index is 12.7. The van der Waals surface area contributed by atoms with Crippen LogP contribution in [0.2, 0.25) is 5.02 Å². The van der Waals surface area contributed by atoms with Crippen molar-refractivity contribution < 1.29 is 9.21 Å². The van der Waals surface area contributed by atoms with Gasteiger partial charge in [-0.25, -0.2) is 0 Å². The van der Waals surface area contributed by atoms with Gasteiger partial charge in [0.25, 0.3) is 5.91 Å². The van der Waals surface area contributed by atoms with Crippen LogP contribution in [0.25, 0.3) is 11.0 Å². The summed E-state index contributed by atoms with van der Waals surface area (Å²) in [6, 6.07) is 3.62. The predicted molar refractivity (Wildman–Crippen MR) is 91.6 cm³/mol. The summed E-state index contributed by atoms with van der Waals surface area (Å²) < 4.78 is 6.61. The summed E-state index contributed by atoms with van der Waals surface area (Å²) in [6.07, 6.45) is 1.03. The lowest BCUT2D eigenvalue weighted by atomic mass is 10.1. The third kappa shape index (κ3) is 2.77. The second kappa shape index (κ2) is 6.22. The molecule has 0 bridgehead atoms. The van der Waals surface area contributed by atoms with Gasteiger partial charge in [-0.1, -0.05) is 11.6 Å². The smallest absolute Gasteiger partial charge is 0.289 e. The van der Waals surface area contributed by atoms with Crippen molar-refractivity contribution in [3.05, 3.63) is 33.0 Å². The van der Waals surface area contributed by atoms with Crippen molar-refractivity contribution in [1.82, 2.24) is 10.2 Å². The number of rotatable bonds is 3. The van der Waals surface area contributed by atoms with Crippen LogP contribution < -0.4 is 5.32 Å². The molecule has 1 aliphatic heterocycles. The lowest BCUT2D eigenvalue weighted by Crippen LogP contribution is -2.30. The third-order valence-electron chi connectivity index (χ3n) is 4.22. The van der Waals surface area contributed by atoms with Gasteiger partial charge in [0.2, 0.25) is 0 Å². The van der Waals surface area contributed by atoms with E-state index in [9.17, 15) is 4.79 Å². The predicted octanol–water partition coefficient (Wildman–Crippen LogP) is 3.84. The fraction of sp³-hybridized carbons (Fsp3) is 0.438. The Morgan fingerprint density at radius 2 is 2.32 bits per heavy atom. The Bertz CT molecular complexity index is 728. The largest absolute Gasteiger partial charge is 0.449 e. The van der Waals surface area contributed by atoms with Crippen LogP contribution in [0, 0.1) is 12.8 Å². The number of furan rings is 1. The van der Waals surface area contributed by atoms with Crippen LogP contribution in [0.1, 0.15) is 22.5 Å². The van der Waals surface area contributed by atoms with Crippen molar-refractivity contribution in [2.75, 3.05) is 26.7 Å². The molecule has 3 rings (SSSR count). The molecule has 1 amide bonds. The van der Waals surface area contributed by atoms with Crippen molar-refractivity contribution in [2.45, 2.75) is 13.3 Å². The van der Waals surface area contributed by atoms with E-state index in [2.05, 4.69) is 21.2 Å². The number of benzene rings is 1. The highest BCUT2D eigenvalue weighted by molar-refractivity contribution is 9.10. The SMILES string of the molecule is CNC[C@@H]1CCN(C(=O)c2oc3c(Br)cc(Cl)cc3c2C)C1. The Labute approximate surface area is 142 Å². The average Bonchev–Trinajstić information content (AvgIpc) is 3.05. The number of hydrogen-bond donors (Lipinski definition) is 1. The number of nitrogens with one attached hydrogen (secondary N) is 1. The molecule has 118 valence electrons. The summed E-state index contributed by atoms with van der Waals surface area (Å²) in [5.74, 6) is 0.901. The minimum atomic E-state index is -0.0321. The monoisotopic (exact) mass is 384 g/mol. The highest BCUT2D eigenvalue weighted by Crippen LogP contribution is 2.35. The van der Waals surface area contributed by atoms with E-state index in [-0.39, 0.29) is 5.91 Å². The summed E-state index contributed by atoms with van der Waals surface area (Å²) >= 11 is 9.54. The van der Waals surface area contributed by atoms with E-state index in [1.807, 2.05) is 24.9 Å². The van der Waals surface area contributed by atoms with E-state index in [0.29, 0.717) is 22.3 Å². The molecular weight excluding hydrogens is 368 g/mol. The van der Waals surface area contributed by atoms with E-state index in [4.69, 9.17) is 16.0 Å². The van der Waals surface area contributed by atoms with Gasteiger partial charge in [0, 0.05) is 29.1 Å². The number of likely N-dealkylation sites (tertiary alicyclic amines) is 1. The van der Waals surface area contributed by atoms with Crippen LogP contribution >= 0.6 is 27.5 Å². The highest BCUT2D eigenvalue weighted by atomic mass is 79.9. The van der Waals surface area contributed by atoms with Crippen LogP contribution in [-0.2, 0) is 0 Å². The Morgan fingerprint density at radius 3 is 3.05 bits per heavy atom. The molecule has 1 aromatic carbocycles. The second-order valence-electron chi connectivity index (χ2n) is 5.78. The molecule has 1 N–H and O–H groups in total. The minimum absolute atomic E-state index is 0.0321. The third-order valence-corrected chi connectivity index (χ3v) is 5.02. The van der Waals surface area contributed by atoms with Gasteiger partial charge in [0.1, 0.15) is 5.58 Å². The molecule has 1 atom stereocenters. The van der Waals surface area contributed by atoms with Crippen LogP contribution in [-0.4, -0.2) is 37.5 Å². The molecular formula is C16H18BrClN2O2. The van der Waals surface area contributed by atoms with E-state index < -0.39 is 0 Å². The molecule has 1 saturated heterocycles. The number of amides is 1. The van der Waals surface area contributed by atoms with Crippen molar-refractivity contribution in [3.63, 3.8) is 0 Å². The number of hydrogen-bond acceptors (Lipinski definition) is 3. The number of halogens is 2. The minimum Gasteiger partial charge on any atom is -0.449 e. The van der Waals surface area contributed by atoms with Crippen LogP contribution in [0.4, 0.5) is 0 Å². The Hall–Kier alpha value is -1.04. The summed E-state index contributed by atoms with van der Waals surface area (Å²) in [7, 11) is 1.94. The van der Waals surface area contributed by atoms with Crippen molar-refractivity contribution in [1.29, 1.82) is 0 Å². The summed E-state index contributed by atoms with van der Waals surface area (Å²) in [5, 5.41) is 4.68. The average molecular weight is 386 g/mol. The summed E-state index contributed by atoms with van der Waals surface area (Å²) in [6.45, 7) is 4.40. The Balaban J connectivity index is 1.92. The molecule has 4 nitrogen and oxygen atoms in total. The molecule has 1 aliphatic rings. The topological polar surface area (TPSA) is 45.5 Å². The normalized spacial score (nSPS) is 18.4. The first-order valence-corrected chi connectivity index (χ1v) is 8.50. The van der Waals surface area contributed by atoms with Gasteiger partial charge in [-0.15, -0.1) is 0 Å². The summed E-state index contributed by atoms with van der Waals surface area (Å²) in [5.41, 5.74) is 1.52. The molecule has 0 radical (unpaired) electrons. The molecule has 22 heavy (non-hydrogen) atoms. The van der Waals surface area contributed by atoms with Gasteiger partial charge < -0.3 is 14.6 Å². The molecule has 0 unspecified atom stereocenters. The maximum absolute atomic E-state index is 12.7. The molecule has 1 aromatic heterocycles. The molecule has 1 fully saturated rings. The zero-order chi connectivity index (χ0) is 15.9. The van der Waals surface area contributed by atoms with Crippen molar-refractivity contribution in [3.8, 4) is 0 Å². The highest BCUT2D eigenvalue weighted by Gasteiger charge is 2.30.